The maximum Gasteiger partial charge on any atom is -0.0175 e. The van der Waals surface area contributed by atoms with E-state index in [0.717, 1.165) is 23.7 Å². The maximum atomic E-state index is 4.38. The molecular formula is C13H20. The zero-order valence-corrected chi connectivity index (χ0v) is 8.47. The molecule has 4 bridgehead atoms. The Bertz CT molecular complexity index is 208. The second-order valence-corrected chi connectivity index (χ2v) is 5.41. The maximum absolute atomic E-state index is 4.38. The second kappa shape index (κ2) is 2.87. The van der Waals surface area contributed by atoms with Gasteiger partial charge in [-0.2, -0.15) is 0 Å². The van der Waals surface area contributed by atoms with Gasteiger partial charge in [-0.3, -0.25) is 0 Å². The Morgan fingerprint density at radius 2 is 1.38 bits per heavy atom. The molecule has 0 heterocycles. The van der Waals surface area contributed by atoms with Crippen LogP contribution in [0.1, 0.15) is 44.9 Å². The SMILES string of the molecule is C=C1C2CCCC1C1CCCC2C1. The number of allylic oxidation sites excluding steroid dienone is 1. The van der Waals surface area contributed by atoms with Crippen LogP contribution in [0, 0.1) is 23.7 Å². The molecule has 0 aromatic heterocycles. The molecular weight excluding hydrogens is 156 g/mol. The topological polar surface area (TPSA) is 0 Å². The van der Waals surface area contributed by atoms with Crippen LogP contribution in [0.3, 0.4) is 0 Å². The van der Waals surface area contributed by atoms with Crippen molar-refractivity contribution < 1.29 is 0 Å². The van der Waals surface area contributed by atoms with Gasteiger partial charge < -0.3 is 0 Å². The Morgan fingerprint density at radius 3 is 2.00 bits per heavy atom. The highest BCUT2D eigenvalue weighted by molar-refractivity contribution is 5.16. The normalized spacial score (nSPS) is 49.1. The predicted molar refractivity (Wildman–Crippen MR) is 55.4 cm³/mol. The van der Waals surface area contributed by atoms with E-state index in [2.05, 4.69) is 6.58 Å². The third kappa shape index (κ3) is 1.11. The second-order valence-electron chi connectivity index (χ2n) is 5.41. The summed E-state index contributed by atoms with van der Waals surface area (Å²) in [5.74, 6) is 3.97. The molecule has 0 amide bonds. The van der Waals surface area contributed by atoms with E-state index >= 15 is 0 Å². The van der Waals surface area contributed by atoms with E-state index in [0.29, 0.717) is 0 Å². The molecule has 0 heteroatoms. The monoisotopic (exact) mass is 176 g/mol. The van der Waals surface area contributed by atoms with Gasteiger partial charge in [-0.25, -0.2) is 0 Å². The van der Waals surface area contributed by atoms with Gasteiger partial charge in [0.1, 0.15) is 0 Å². The largest absolute Gasteiger partial charge is 0.0993 e. The Kier molecular flexibility index (Phi) is 1.78. The highest BCUT2D eigenvalue weighted by atomic mass is 14.5. The first kappa shape index (κ1) is 8.08. The van der Waals surface area contributed by atoms with Crippen LogP contribution < -0.4 is 0 Å². The van der Waals surface area contributed by atoms with Crippen molar-refractivity contribution in [3.63, 3.8) is 0 Å². The van der Waals surface area contributed by atoms with Gasteiger partial charge in [0, 0.05) is 0 Å². The number of fused-ring (bicyclic) bond motifs is 6. The average Bonchev–Trinajstić information content (AvgIpc) is 2.16. The summed E-state index contributed by atoms with van der Waals surface area (Å²) < 4.78 is 0. The number of hydrogen-bond donors (Lipinski definition) is 0. The molecule has 4 unspecified atom stereocenters. The van der Waals surface area contributed by atoms with Crippen molar-refractivity contribution in [2.24, 2.45) is 23.7 Å². The van der Waals surface area contributed by atoms with Crippen molar-refractivity contribution in [2.45, 2.75) is 44.9 Å². The first-order valence-electron chi connectivity index (χ1n) is 6.05. The van der Waals surface area contributed by atoms with Gasteiger partial charge in [-0.05, 0) is 55.8 Å². The fourth-order valence-corrected chi connectivity index (χ4v) is 4.28. The molecule has 0 spiro atoms. The number of rotatable bonds is 0. The third-order valence-corrected chi connectivity index (χ3v) is 4.88. The first-order valence-corrected chi connectivity index (χ1v) is 6.05. The lowest BCUT2D eigenvalue weighted by Crippen LogP contribution is -2.39. The lowest BCUT2D eigenvalue weighted by molar-refractivity contribution is 0.0838. The summed E-state index contributed by atoms with van der Waals surface area (Å²) >= 11 is 0. The molecule has 0 aromatic rings. The molecule has 0 saturated heterocycles. The van der Waals surface area contributed by atoms with Crippen LogP contribution >= 0.6 is 0 Å². The Balaban J connectivity index is 1.92. The smallest absolute Gasteiger partial charge is 0.0175 e. The van der Waals surface area contributed by atoms with E-state index in [9.17, 15) is 0 Å². The van der Waals surface area contributed by atoms with Crippen molar-refractivity contribution in [3.8, 4) is 0 Å². The van der Waals surface area contributed by atoms with E-state index in [4.69, 9.17) is 0 Å². The highest BCUT2D eigenvalue weighted by Gasteiger charge is 2.43. The van der Waals surface area contributed by atoms with Gasteiger partial charge >= 0.3 is 0 Å². The van der Waals surface area contributed by atoms with Crippen LogP contribution in [-0.4, -0.2) is 0 Å². The van der Waals surface area contributed by atoms with Gasteiger partial charge in [-0.1, -0.05) is 25.0 Å². The lowest BCUT2D eigenvalue weighted by Gasteiger charge is -2.50. The van der Waals surface area contributed by atoms with Crippen molar-refractivity contribution in [2.75, 3.05) is 0 Å². The zero-order valence-electron chi connectivity index (χ0n) is 8.47. The molecule has 0 aliphatic heterocycles. The van der Waals surface area contributed by atoms with Gasteiger partial charge in [0.25, 0.3) is 0 Å². The van der Waals surface area contributed by atoms with Crippen LogP contribution in [0.2, 0.25) is 0 Å². The van der Waals surface area contributed by atoms with Crippen LogP contribution in [-0.2, 0) is 0 Å². The van der Waals surface area contributed by atoms with Crippen LogP contribution in [0.5, 0.6) is 0 Å². The quantitative estimate of drug-likeness (QED) is 0.493. The minimum absolute atomic E-state index is 0.940. The van der Waals surface area contributed by atoms with Gasteiger partial charge in [0.2, 0.25) is 0 Å². The lowest BCUT2D eigenvalue weighted by atomic mass is 9.55. The molecule has 3 fully saturated rings. The van der Waals surface area contributed by atoms with E-state index in [1.807, 2.05) is 0 Å². The molecule has 3 rings (SSSR count). The summed E-state index contributed by atoms with van der Waals surface area (Å²) in [6.07, 6.45) is 10.5. The molecule has 13 heavy (non-hydrogen) atoms. The van der Waals surface area contributed by atoms with Crippen molar-refractivity contribution in [1.82, 2.24) is 0 Å². The van der Waals surface area contributed by atoms with Crippen molar-refractivity contribution in [1.29, 1.82) is 0 Å². The highest BCUT2D eigenvalue weighted by Crippen LogP contribution is 2.54. The summed E-state index contributed by atoms with van der Waals surface area (Å²) in [4.78, 5) is 0. The summed E-state index contributed by atoms with van der Waals surface area (Å²) in [5, 5.41) is 0. The molecule has 0 aromatic carbocycles. The summed E-state index contributed by atoms with van der Waals surface area (Å²) in [6, 6.07) is 0. The number of hydrogen-bond acceptors (Lipinski definition) is 0. The Morgan fingerprint density at radius 1 is 0.846 bits per heavy atom. The molecule has 3 saturated carbocycles. The average molecular weight is 176 g/mol. The van der Waals surface area contributed by atoms with E-state index in [1.54, 1.807) is 12.0 Å². The van der Waals surface area contributed by atoms with Crippen molar-refractivity contribution >= 4 is 0 Å². The summed E-state index contributed by atoms with van der Waals surface area (Å²) in [5.41, 5.74) is 1.66. The van der Waals surface area contributed by atoms with E-state index in [-0.39, 0.29) is 0 Å². The molecule has 0 radical (unpaired) electrons. The van der Waals surface area contributed by atoms with Crippen LogP contribution in [0.15, 0.2) is 12.2 Å². The summed E-state index contributed by atoms with van der Waals surface area (Å²) in [6.45, 7) is 4.38. The molecule has 72 valence electrons. The molecule has 0 N–H and O–H groups in total. The van der Waals surface area contributed by atoms with E-state index in [1.165, 1.54) is 38.5 Å². The molecule has 3 aliphatic carbocycles. The van der Waals surface area contributed by atoms with Gasteiger partial charge in [-0.15, -0.1) is 0 Å². The first-order chi connectivity index (χ1) is 6.36. The molecule has 0 nitrogen and oxygen atoms in total. The fourth-order valence-electron chi connectivity index (χ4n) is 4.28. The Labute approximate surface area is 81.4 Å². The van der Waals surface area contributed by atoms with Crippen LogP contribution in [0.4, 0.5) is 0 Å². The predicted octanol–water partition coefficient (Wildman–Crippen LogP) is 3.78. The Hall–Kier alpha value is -0.260. The fraction of sp³-hybridized carbons (Fsp3) is 0.846. The minimum atomic E-state index is 0.940. The van der Waals surface area contributed by atoms with Crippen LogP contribution in [0.25, 0.3) is 0 Å². The summed E-state index contributed by atoms with van der Waals surface area (Å²) in [7, 11) is 0. The minimum Gasteiger partial charge on any atom is -0.0993 e. The van der Waals surface area contributed by atoms with Gasteiger partial charge in [0.05, 0.1) is 0 Å². The standard InChI is InChI=1S/C13H20/c1-9-12-6-3-7-13(9)11-5-2-4-10(12)8-11/h10-13H,1-8H2. The zero-order chi connectivity index (χ0) is 8.84. The van der Waals surface area contributed by atoms with Gasteiger partial charge in [0.15, 0.2) is 0 Å². The molecule has 4 atom stereocenters. The third-order valence-electron chi connectivity index (χ3n) is 4.88. The van der Waals surface area contributed by atoms with E-state index < -0.39 is 0 Å². The molecule has 3 aliphatic rings. The van der Waals surface area contributed by atoms with Crippen molar-refractivity contribution in [3.05, 3.63) is 12.2 Å².